The summed E-state index contributed by atoms with van der Waals surface area (Å²) in [7, 11) is 0. The smallest absolute Gasteiger partial charge is 0.248 e. The predicted molar refractivity (Wildman–Crippen MR) is 51.7 cm³/mol. The Bertz CT molecular complexity index is 246. The third-order valence-corrected chi connectivity index (χ3v) is 1.38. The summed E-state index contributed by atoms with van der Waals surface area (Å²) in [6, 6.07) is 6.43. The van der Waals surface area contributed by atoms with Gasteiger partial charge in [-0.2, -0.15) is 0 Å². The van der Waals surface area contributed by atoms with Crippen molar-refractivity contribution in [3.63, 3.8) is 0 Å². The number of hydrogen-bond acceptors (Lipinski definition) is 1. The normalized spacial score (nSPS) is 8.25. The number of amides is 1. The largest absolute Gasteiger partial charge is 0.366 e. The van der Waals surface area contributed by atoms with Gasteiger partial charge in [-0.3, -0.25) is 4.79 Å². The molecule has 0 aliphatic carbocycles. The van der Waals surface area contributed by atoms with Gasteiger partial charge in [0.15, 0.2) is 0 Å². The molecule has 0 saturated carbocycles. The third-order valence-electron chi connectivity index (χ3n) is 1.13. The molecule has 0 aliphatic heterocycles. The number of rotatable bonds is 1. The first kappa shape index (κ1) is 11.3. The van der Waals surface area contributed by atoms with Crippen LogP contribution in [0.1, 0.15) is 10.4 Å². The monoisotopic (exact) mass is 205 g/mol. The molecule has 0 bridgehead atoms. The van der Waals surface area contributed by atoms with Gasteiger partial charge in [0.25, 0.3) is 0 Å². The van der Waals surface area contributed by atoms with E-state index in [1.807, 2.05) is 0 Å². The molecule has 1 aromatic rings. The number of carbonyl (C=O) groups is 1. The maximum Gasteiger partial charge on any atom is 0.248 e. The van der Waals surface area contributed by atoms with Gasteiger partial charge in [0.05, 0.1) is 0 Å². The molecule has 1 amide bonds. The summed E-state index contributed by atoms with van der Waals surface area (Å²) in [5.74, 6) is -0.434. The number of halogens is 2. The van der Waals surface area contributed by atoms with Crippen LogP contribution < -0.4 is 5.73 Å². The molecule has 12 heavy (non-hydrogen) atoms. The number of benzene rings is 1. The van der Waals surface area contributed by atoms with Crippen LogP contribution in [-0.4, -0.2) is 12.3 Å². The molecule has 4 heteroatoms. The molecule has 0 spiro atoms. The van der Waals surface area contributed by atoms with E-state index in [-0.39, 0.29) is 0 Å². The number of alkyl halides is 1. The topological polar surface area (TPSA) is 43.1 Å². The molecule has 0 atom stereocenters. The fraction of sp³-hybridized carbons (Fsp3) is 0.125. The van der Waals surface area contributed by atoms with Gasteiger partial charge >= 0.3 is 0 Å². The first-order valence-electron chi connectivity index (χ1n) is 3.13. The minimum Gasteiger partial charge on any atom is -0.366 e. The van der Waals surface area contributed by atoms with Gasteiger partial charge in [-0.25, -0.2) is 0 Å². The van der Waals surface area contributed by atoms with E-state index >= 15 is 0 Å². The summed E-state index contributed by atoms with van der Waals surface area (Å²) < 4.78 is 0. The van der Waals surface area contributed by atoms with Crippen LogP contribution in [0.5, 0.6) is 0 Å². The zero-order valence-electron chi connectivity index (χ0n) is 6.55. The van der Waals surface area contributed by atoms with E-state index in [1.54, 1.807) is 24.3 Å². The van der Waals surface area contributed by atoms with Crippen molar-refractivity contribution in [3.05, 3.63) is 34.9 Å². The van der Waals surface area contributed by atoms with Crippen LogP contribution in [0.2, 0.25) is 5.02 Å². The van der Waals surface area contributed by atoms with E-state index in [0.717, 1.165) is 0 Å². The Kier molecular flexibility index (Phi) is 5.51. The molecule has 1 rings (SSSR count). The molecular weight excluding hydrogens is 197 g/mol. The Hall–Kier alpha value is -0.730. The van der Waals surface area contributed by atoms with E-state index in [1.165, 1.54) is 6.38 Å². The van der Waals surface area contributed by atoms with Crippen molar-refractivity contribution >= 4 is 29.1 Å². The highest BCUT2D eigenvalue weighted by Crippen LogP contribution is 2.08. The van der Waals surface area contributed by atoms with E-state index < -0.39 is 5.91 Å². The molecule has 0 fully saturated rings. The number of hydrogen-bond donors (Lipinski definition) is 1. The number of nitrogens with two attached hydrogens (primary N) is 1. The summed E-state index contributed by atoms with van der Waals surface area (Å²) >= 11 is 10.2. The summed E-state index contributed by atoms with van der Waals surface area (Å²) in [5.41, 5.74) is 5.46. The van der Waals surface area contributed by atoms with Crippen LogP contribution in [0.4, 0.5) is 0 Å². The van der Waals surface area contributed by atoms with Gasteiger partial charge in [0, 0.05) is 17.0 Å². The molecule has 2 N–H and O–H groups in total. The second-order valence-corrected chi connectivity index (χ2v) is 2.31. The lowest BCUT2D eigenvalue weighted by atomic mass is 10.2. The second kappa shape index (κ2) is 5.86. The molecule has 2 nitrogen and oxygen atoms in total. The van der Waals surface area contributed by atoms with Gasteiger partial charge in [0.2, 0.25) is 5.91 Å². The van der Waals surface area contributed by atoms with Crippen LogP contribution in [0.3, 0.4) is 0 Å². The zero-order valence-corrected chi connectivity index (χ0v) is 8.06. The van der Waals surface area contributed by atoms with E-state index in [0.29, 0.717) is 10.6 Å². The zero-order chi connectivity index (χ0) is 9.56. The van der Waals surface area contributed by atoms with Gasteiger partial charge in [-0.15, -0.1) is 11.6 Å². The summed E-state index contributed by atoms with van der Waals surface area (Å²) in [4.78, 5) is 10.5. The van der Waals surface area contributed by atoms with Crippen molar-refractivity contribution < 1.29 is 4.79 Å². The first-order chi connectivity index (χ1) is 5.70. The quantitative estimate of drug-likeness (QED) is 0.703. The van der Waals surface area contributed by atoms with Gasteiger partial charge in [0.1, 0.15) is 0 Å². The number of primary amides is 1. The van der Waals surface area contributed by atoms with Gasteiger partial charge in [-0.1, -0.05) is 11.6 Å². The molecule has 0 saturated heterocycles. The Morgan fingerprint density at radius 2 is 1.67 bits per heavy atom. The molecule has 66 valence electrons. The van der Waals surface area contributed by atoms with E-state index in [4.69, 9.17) is 17.3 Å². The second-order valence-electron chi connectivity index (χ2n) is 1.87. The standard InChI is InChI=1S/C7H6ClNO.CH3Cl/c8-6-3-1-5(2-4-6)7(9)10;1-2/h1-4H,(H2,9,10);1H3. The SMILES string of the molecule is CCl.NC(=O)c1ccc(Cl)cc1. The lowest BCUT2D eigenvalue weighted by Gasteiger charge is -1.92. The molecule has 0 radical (unpaired) electrons. The summed E-state index contributed by atoms with van der Waals surface area (Å²) in [6.45, 7) is 0. The summed E-state index contributed by atoms with van der Waals surface area (Å²) in [5, 5.41) is 0.602. The molecule has 0 aromatic heterocycles. The Morgan fingerprint density at radius 1 is 1.25 bits per heavy atom. The van der Waals surface area contributed by atoms with Gasteiger partial charge < -0.3 is 5.73 Å². The molecular formula is C8H9Cl2NO. The lowest BCUT2D eigenvalue weighted by Crippen LogP contribution is -2.10. The van der Waals surface area contributed by atoms with Crippen LogP contribution >= 0.6 is 23.2 Å². The maximum atomic E-state index is 10.5. The molecule has 0 heterocycles. The maximum absolute atomic E-state index is 10.5. The average molecular weight is 206 g/mol. The number of carbonyl (C=O) groups excluding carboxylic acids is 1. The van der Waals surface area contributed by atoms with Crippen molar-refractivity contribution in [1.82, 2.24) is 0 Å². The van der Waals surface area contributed by atoms with Crippen LogP contribution in [0, 0.1) is 0 Å². The highest BCUT2D eigenvalue weighted by molar-refractivity contribution is 6.30. The molecule has 1 aromatic carbocycles. The molecule has 0 aliphatic rings. The highest BCUT2D eigenvalue weighted by atomic mass is 35.5. The highest BCUT2D eigenvalue weighted by Gasteiger charge is 1.96. The Labute approximate surface area is 81.3 Å². The summed E-state index contributed by atoms with van der Waals surface area (Å²) in [6.07, 6.45) is 1.47. The first-order valence-corrected chi connectivity index (χ1v) is 4.27. The minimum atomic E-state index is -0.434. The minimum absolute atomic E-state index is 0.434. The van der Waals surface area contributed by atoms with Crippen molar-refractivity contribution in [3.8, 4) is 0 Å². The Balaban J connectivity index is 0.000000561. The van der Waals surface area contributed by atoms with Crippen LogP contribution in [0.25, 0.3) is 0 Å². The van der Waals surface area contributed by atoms with Crippen molar-refractivity contribution in [2.45, 2.75) is 0 Å². The van der Waals surface area contributed by atoms with Crippen LogP contribution in [0.15, 0.2) is 24.3 Å². The van der Waals surface area contributed by atoms with Crippen molar-refractivity contribution in [2.75, 3.05) is 6.38 Å². The molecule has 0 unspecified atom stereocenters. The van der Waals surface area contributed by atoms with Crippen molar-refractivity contribution in [1.29, 1.82) is 0 Å². The fourth-order valence-electron chi connectivity index (χ4n) is 0.614. The third kappa shape index (κ3) is 3.60. The van der Waals surface area contributed by atoms with E-state index in [2.05, 4.69) is 11.6 Å². The van der Waals surface area contributed by atoms with Gasteiger partial charge in [-0.05, 0) is 24.3 Å². The van der Waals surface area contributed by atoms with Crippen molar-refractivity contribution in [2.24, 2.45) is 5.73 Å². The Morgan fingerprint density at radius 3 is 2.00 bits per heavy atom. The lowest BCUT2D eigenvalue weighted by molar-refractivity contribution is 0.100. The predicted octanol–water partition coefficient (Wildman–Crippen LogP) is 2.29. The van der Waals surface area contributed by atoms with Crippen LogP contribution in [-0.2, 0) is 0 Å². The van der Waals surface area contributed by atoms with E-state index in [9.17, 15) is 4.79 Å². The average Bonchev–Trinajstić information content (AvgIpc) is 2.09. The fourth-order valence-corrected chi connectivity index (χ4v) is 0.740.